The summed E-state index contributed by atoms with van der Waals surface area (Å²) in [7, 11) is 0. The molecule has 114 valence electrons. The Morgan fingerprint density at radius 1 is 1.17 bits per heavy atom. The minimum Gasteiger partial charge on any atom is -0.292 e. The molecule has 0 saturated heterocycles. The number of amides is 1. The number of halogens is 1. The van der Waals surface area contributed by atoms with Gasteiger partial charge in [0.2, 0.25) is 0 Å². The predicted molar refractivity (Wildman–Crippen MR) is 88.3 cm³/mol. The molecule has 0 unspecified atom stereocenters. The van der Waals surface area contributed by atoms with Crippen LogP contribution in [0.3, 0.4) is 0 Å². The molecule has 0 spiro atoms. The summed E-state index contributed by atoms with van der Waals surface area (Å²) in [6.07, 6.45) is 0.791. The van der Waals surface area contributed by atoms with Crippen molar-refractivity contribution in [3.8, 4) is 0 Å². The van der Waals surface area contributed by atoms with Crippen LogP contribution in [0.2, 0.25) is 0 Å². The number of aromatic nitrogens is 1. The Morgan fingerprint density at radius 3 is 2.74 bits per heavy atom. The number of rotatable bonds is 1. The average Bonchev–Trinajstić information content (AvgIpc) is 2.96. The highest BCUT2D eigenvalue weighted by Crippen LogP contribution is 2.31. The number of anilines is 1. The molecular weight excluding hydrogens is 291 g/mol. The van der Waals surface area contributed by atoms with Crippen molar-refractivity contribution >= 4 is 22.6 Å². The van der Waals surface area contributed by atoms with Crippen molar-refractivity contribution in [3.05, 3.63) is 71.0 Å². The summed E-state index contributed by atoms with van der Waals surface area (Å²) >= 11 is 0. The summed E-state index contributed by atoms with van der Waals surface area (Å²) < 4.78 is 13.0. The van der Waals surface area contributed by atoms with Gasteiger partial charge in [0.1, 0.15) is 11.6 Å². The Kier molecular flexibility index (Phi) is 3.11. The first kappa shape index (κ1) is 13.9. The Bertz CT molecular complexity index is 919. The van der Waals surface area contributed by atoms with Gasteiger partial charge in [-0.2, -0.15) is 0 Å². The molecule has 23 heavy (non-hydrogen) atoms. The molecule has 1 amide bonds. The largest absolute Gasteiger partial charge is 0.292 e. The van der Waals surface area contributed by atoms with Gasteiger partial charge in [-0.3, -0.25) is 9.69 Å². The molecule has 1 aliphatic rings. The summed E-state index contributed by atoms with van der Waals surface area (Å²) in [5.74, 6) is 0.244. The maximum atomic E-state index is 13.0. The van der Waals surface area contributed by atoms with E-state index in [2.05, 4.69) is 6.07 Å². The summed E-state index contributed by atoms with van der Waals surface area (Å²) in [5, 5.41) is 1.10. The number of nitrogens with zero attached hydrogens (tertiary/aromatic N) is 2. The van der Waals surface area contributed by atoms with Crippen molar-refractivity contribution in [1.29, 1.82) is 0 Å². The summed E-state index contributed by atoms with van der Waals surface area (Å²) in [6.45, 7) is 2.62. The number of para-hydroxylation sites is 1. The highest BCUT2D eigenvalue weighted by molar-refractivity contribution is 6.07. The van der Waals surface area contributed by atoms with E-state index >= 15 is 0 Å². The normalized spacial score (nSPS) is 13.4. The Labute approximate surface area is 133 Å². The van der Waals surface area contributed by atoms with Gasteiger partial charge >= 0.3 is 0 Å². The molecule has 3 nitrogen and oxygen atoms in total. The second-order valence-electron chi connectivity index (χ2n) is 5.83. The molecule has 3 aromatic rings. The lowest BCUT2D eigenvalue weighted by molar-refractivity contribution is 0.0988. The smallest absolute Gasteiger partial charge is 0.259 e. The molecule has 0 radical (unpaired) electrons. The van der Waals surface area contributed by atoms with E-state index in [1.807, 2.05) is 25.1 Å². The van der Waals surface area contributed by atoms with E-state index < -0.39 is 0 Å². The highest BCUT2D eigenvalue weighted by Gasteiger charge is 2.27. The first-order chi connectivity index (χ1) is 11.1. The van der Waals surface area contributed by atoms with Crippen LogP contribution in [-0.2, 0) is 6.42 Å². The fourth-order valence-electron chi connectivity index (χ4n) is 3.08. The minimum absolute atomic E-state index is 0.135. The molecule has 4 rings (SSSR count). The van der Waals surface area contributed by atoms with Gasteiger partial charge in [-0.1, -0.05) is 18.2 Å². The van der Waals surface area contributed by atoms with Crippen LogP contribution in [0.1, 0.15) is 21.5 Å². The molecule has 0 N–H and O–H groups in total. The van der Waals surface area contributed by atoms with E-state index in [0.717, 1.165) is 34.3 Å². The standard InChI is InChI=1S/C19H15FN2O/c1-12-3-2-4-14-11-15-9-10-22(18(15)21-17(12)14)19(23)13-5-7-16(20)8-6-13/h2-8,11H,9-10H2,1H3. The number of pyridine rings is 1. The molecule has 1 aromatic heterocycles. The fraction of sp³-hybridized carbons (Fsp3) is 0.158. The SMILES string of the molecule is Cc1cccc2cc3c(nc12)N(C(=O)c1ccc(F)cc1)CC3. The summed E-state index contributed by atoms with van der Waals surface area (Å²) in [5.41, 5.74) is 3.57. The van der Waals surface area contributed by atoms with Gasteiger partial charge in [-0.15, -0.1) is 0 Å². The number of fused-ring (bicyclic) bond motifs is 2. The van der Waals surface area contributed by atoms with Crippen LogP contribution in [0.5, 0.6) is 0 Å². The predicted octanol–water partition coefficient (Wildman–Crippen LogP) is 3.89. The summed E-state index contributed by atoms with van der Waals surface area (Å²) in [4.78, 5) is 19.1. The number of benzene rings is 2. The molecule has 1 aliphatic heterocycles. The lowest BCUT2D eigenvalue weighted by Crippen LogP contribution is -2.29. The van der Waals surface area contributed by atoms with E-state index in [4.69, 9.17) is 4.98 Å². The van der Waals surface area contributed by atoms with Crippen LogP contribution in [0, 0.1) is 12.7 Å². The quantitative estimate of drug-likeness (QED) is 0.683. The van der Waals surface area contributed by atoms with Gasteiger partial charge in [-0.25, -0.2) is 9.37 Å². The number of carbonyl (C=O) groups is 1. The molecule has 0 atom stereocenters. The average molecular weight is 306 g/mol. The van der Waals surface area contributed by atoms with E-state index in [9.17, 15) is 9.18 Å². The van der Waals surface area contributed by atoms with Crippen molar-refractivity contribution in [2.75, 3.05) is 11.4 Å². The Morgan fingerprint density at radius 2 is 1.96 bits per heavy atom. The van der Waals surface area contributed by atoms with Crippen LogP contribution < -0.4 is 4.90 Å². The van der Waals surface area contributed by atoms with Crippen molar-refractivity contribution in [2.24, 2.45) is 0 Å². The van der Waals surface area contributed by atoms with Gasteiger partial charge in [0, 0.05) is 17.5 Å². The maximum absolute atomic E-state index is 13.0. The molecule has 2 aromatic carbocycles. The number of carbonyl (C=O) groups excluding carboxylic acids is 1. The molecule has 2 heterocycles. The molecule has 4 heteroatoms. The van der Waals surface area contributed by atoms with E-state index in [1.165, 1.54) is 24.3 Å². The van der Waals surface area contributed by atoms with Gasteiger partial charge in [-0.05, 0) is 54.8 Å². The molecule has 0 fully saturated rings. The third kappa shape index (κ3) is 2.27. The van der Waals surface area contributed by atoms with Crippen molar-refractivity contribution in [2.45, 2.75) is 13.3 Å². The van der Waals surface area contributed by atoms with Crippen molar-refractivity contribution in [3.63, 3.8) is 0 Å². The van der Waals surface area contributed by atoms with Crippen LogP contribution in [0.15, 0.2) is 48.5 Å². The second-order valence-corrected chi connectivity index (χ2v) is 5.83. The van der Waals surface area contributed by atoms with E-state index in [1.54, 1.807) is 4.90 Å². The monoisotopic (exact) mass is 306 g/mol. The summed E-state index contributed by atoms with van der Waals surface area (Å²) in [6, 6.07) is 13.8. The van der Waals surface area contributed by atoms with Gasteiger partial charge < -0.3 is 0 Å². The lowest BCUT2D eigenvalue weighted by atomic mass is 10.1. The van der Waals surface area contributed by atoms with Gasteiger partial charge in [0.15, 0.2) is 0 Å². The highest BCUT2D eigenvalue weighted by atomic mass is 19.1. The first-order valence-electron chi connectivity index (χ1n) is 7.60. The lowest BCUT2D eigenvalue weighted by Gasteiger charge is -2.17. The topological polar surface area (TPSA) is 33.2 Å². The van der Waals surface area contributed by atoms with Crippen molar-refractivity contribution in [1.82, 2.24) is 4.98 Å². The zero-order valence-electron chi connectivity index (χ0n) is 12.7. The van der Waals surface area contributed by atoms with Crippen molar-refractivity contribution < 1.29 is 9.18 Å². The van der Waals surface area contributed by atoms with E-state index in [-0.39, 0.29) is 11.7 Å². The second kappa shape index (κ2) is 5.16. The van der Waals surface area contributed by atoms with Crippen LogP contribution in [0.25, 0.3) is 10.9 Å². The zero-order valence-corrected chi connectivity index (χ0v) is 12.7. The number of hydrogen-bond donors (Lipinski definition) is 0. The Balaban J connectivity index is 1.79. The molecule has 0 saturated carbocycles. The zero-order chi connectivity index (χ0) is 16.0. The Hall–Kier alpha value is -2.75. The minimum atomic E-state index is -0.344. The third-order valence-electron chi connectivity index (χ3n) is 4.30. The van der Waals surface area contributed by atoms with Crippen LogP contribution in [-0.4, -0.2) is 17.4 Å². The number of hydrogen-bond acceptors (Lipinski definition) is 2. The van der Waals surface area contributed by atoms with Crippen LogP contribution >= 0.6 is 0 Å². The number of aryl methyl sites for hydroxylation is 1. The van der Waals surface area contributed by atoms with Crippen LogP contribution in [0.4, 0.5) is 10.2 Å². The molecular formula is C19H15FN2O. The molecule has 0 bridgehead atoms. The fourth-order valence-corrected chi connectivity index (χ4v) is 3.08. The first-order valence-corrected chi connectivity index (χ1v) is 7.60. The molecule has 0 aliphatic carbocycles. The van der Waals surface area contributed by atoms with Gasteiger partial charge in [0.05, 0.1) is 5.52 Å². The maximum Gasteiger partial charge on any atom is 0.259 e. The third-order valence-corrected chi connectivity index (χ3v) is 4.30. The van der Waals surface area contributed by atoms with E-state index in [0.29, 0.717) is 12.1 Å². The van der Waals surface area contributed by atoms with Gasteiger partial charge in [0.25, 0.3) is 5.91 Å².